The molecule has 0 saturated carbocycles. The summed E-state index contributed by atoms with van der Waals surface area (Å²) in [6, 6.07) is 14.5. The summed E-state index contributed by atoms with van der Waals surface area (Å²) in [6.07, 6.45) is 3.20. The molecule has 0 fully saturated rings. The first-order valence-corrected chi connectivity index (χ1v) is 12.5. The van der Waals surface area contributed by atoms with E-state index in [0.717, 1.165) is 21.9 Å². The van der Waals surface area contributed by atoms with Crippen molar-refractivity contribution in [2.45, 2.75) is 0 Å². The Balaban J connectivity index is 1.54. The number of rotatable bonds is 8. The van der Waals surface area contributed by atoms with Gasteiger partial charge in [0.2, 0.25) is 0 Å². The number of hydrazone groups is 2. The number of nitrogens with one attached hydrogen (secondary N) is 2. The van der Waals surface area contributed by atoms with Crippen molar-refractivity contribution in [2.75, 3.05) is 25.1 Å². The number of phenolic OH excluding ortho intramolecular Hbond substituents is 2. The molecule has 0 unspecified atom stereocenters. The number of halogens is 2. The van der Waals surface area contributed by atoms with Crippen molar-refractivity contribution in [3.05, 3.63) is 66.8 Å². The van der Waals surface area contributed by atoms with Gasteiger partial charge in [0.05, 0.1) is 33.8 Å². The number of benzene rings is 3. The summed E-state index contributed by atoms with van der Waals surface area (Å²) < 4.78 is 11.7. The zero-order valence-electron chi connectivity index (χ0n) is 19.0. The van der Waals surface area contributed by atoms with Gasteiger partial charge >= 0.3 is 0 Å². The van der Waals surface area contributed by atoms with Gasteiger partial charge in [0.1, 0.15) is 0 Å². The maximum absolute atomic E-state index is 10.0. The van der Waals surface area contributed by atoms with Gasteiger partial charge in [0.15, 0.2) is 34.6 Å². The number of aromatic hydroxyl groups is 2. The Labute approximate surface area is 233 Å². The van der Waals surface area contributed by atoms with Crippen LogP contribution in [0.4, 0.5) is 11.6 Å². The highest BCUT2D eigenvalue weighted by atomic mass is 127. The van der Waals surface area contributed by atoms with Crippen molar-refractivity contribution < 1.29 is 19.7 Å². The number of hydrogen-bond acceptors (Lipinski definition) is 10. The number of phenols is 2. The van der Waals surface area contributed by atoms with E-state index >= 15 is 0 Å². The summed E-state index contributed by atoms with van der Waals surface area (Å²) in [4.78, 5) is 0. The molecule has 0 spiro atoms. The van der Waals surface area contributed by atoms with Crippen LogP contribution in [0, 0.1) is 7.14 Å². The molecule has 4 aromatic rings. The second kappa shape index (κ2) is 11.6. The van der Waals surface area contributed by atoms with Crippen molar-refractivity contribution >= 4 is 80.0 Å². The van der Waals surface area contributed by atoms with Gasteiger partial charge in [-0.05, 0) is 80.6 Å². The van der Waals surface area contributed by atoms with Crippen LogP contribution in [0.3, 0.4) is 0 Å². The average Bonchev–Trinajstić information content (AvgIpc) is 2.88. The first-order chi connectivity index (χ1) is 17.4. The largest absolute Gasteiger partial charge is 0.504 e. The van der Waals surface area contributed by atoms with Gasteiger partial charge in [0.25, 0.3) is 0 Å². The van der Waals surface area contributed by atoms with Crippen LogP contribution in [-0.4, -0.2) is 47.1 Å². The smallest absolute Gasteiger partial charge is 0.176 e. The molecule has 12 heteroatoms. The highest BCUT2D eigenvalue weighted by Gasteiger charge is 2.10. The summed E-state index contributed by atoms with van der Waals surface area (Å²) in [5.74, 6) is 1.84. The third kappa shape index (κ3) is 5.70. The maximum Gasteiger partial charge on any atom is 0.176 e. The molecule has 3 aromatic carbocycles. The molecule has 0 saturated heterocycles. The Morgan fingerprint density at radius 2 is 1.17 bits per heavy atom. The second-order valence-electron chi connectivity index (χ2n) is 7.29. The third-order valence-corrected chi connectivity index (χ3v) is 6.64. The van der Waals surface area contributed by atoms with Crippen LogP contribution in [0.25, 0.3) is 10.8 Å². The third-order valence-electron chi connectivity index (χ3n) is 5.00. The molecule has 184 valence electrons. The van der Waals surface area contributed by atoms with Crippen molar-refractivity contribution in [3.63, 3.8) is 0 Å². The lowest BCUT2D eigenvalue weighted by atomic mass is 10.2. The number of anilines is 2. The molecule has 36 heavy (non-hydrogen) atoms. The molecule has 4 N–H and O–H groups in total. The quantitative estimate of drug-likeness (QED) is 0.112. The Bertz CT molecular complexity index is 1370. The molecule has 0 aliphatic carbocycles. The summed E-state index contributed by atoms with van der Waals surface area (Å²) in [7, 11) is 2.99. The van der Waals surface area contributed by atoms with Crippen molar-refractivity contribution in [3.8, 4) is 23.0 Å². The minimum atomic E-state index is 0.0881. The molecule has 1 aromatic heterocycles. The van der Waals surface area contributed by atoms with Gasteiger partial charge in [0, 0.05) is 10.8 Å². The minimum absolute atomic E-state index is 0.0881. The first-order valence-electron chi connectivity index (χ1n) is 10.4. The van der Waals surface area contributed by atoms with Crippen molar-refractivity contribution in [1.29, 1.82) is 0 Å². The number of ether oxygens (including phenoxy) is 2. The van der Waals surface area contributed by atoms with Gasteiger partial charge < -0.3 is 19.7 Å². The number of aromatic nitrogens is 2. The molecular formula is C24H20I2N6O4. The Morgan fingerprint density at radius 1 is 0.750 bits per heavy atom. The molecule has 0 aliphatic heterocycles. The van der Waals surface area contributed by atoms with Crippen LogP contribution in [0.5, 0.6) is 23.0 Å². The standard InChI is InChI=1S/C24H20I2N6O4/c1-35-19-9-13(7-17(25)21(19)33)11-27-29-23-15-5-3-4-6-16(15)24(32-31-23)30-28-12-14-8-18(26)22(34)20(10-14)36-2/h3-12,33-34H,1-2H3,(H,29,31)(H,30,32). The Kier molecular flexibility index (Phi) is 8.25. The highest BCUT2D eigenvalue weighted by Crippen LogP contribution is 2.33. The number of hydrogen-bond donors (Lipinski definition) is 4. The minimum Gasteiger partial charge on any atom is -0.504 e. The monoisotopic (exact) mass is 710 g/mol. The van der Waals surface area contributed by atoms with E-state index in [0.29, 0.717) is 30.3 Å². The number of fused-ring (bicyclic) bond motifs is 1. The molecular weight excluding hydrogens is 690 g/mol. The van der Waals surface area contributed by atoms with Crippen molar-refractivity contribution in [2.24, 2.45) is 10.2 Å². The van der Waals surface area contributed by atoms with E-state index in [9.17, 15) is 10.2 Å². The van der Waals surface area contributed by atoms with Crippen LogP contribution >= 0.6 is 45.2 Å². The fraction of sp³-hybridized carbons (Fsp3) is 0.0833. The molecule has 0 atom stereocenters. The van der Waals surface area contributed by atoms with E-state index < -0.39 is 0 Å². The zero-order valence-corrected chi connectivity index (χ0v) is 23.3. The number of nitrogens with zero attached hydrogens (tertiary/aromatic N) is 4. The normalized spacial score (nSPS) is 11.3. The fourth-order valence-electron chi connectivity index (χ4n) is 3.25. The lowest BCUT2D eigenvalue weighted by Crippen LogP contribution is -2.02. The highest BCUT2D eigenvalue weighted by molar-refractivity contribution is 14.1. The molecule has 1 heterocycles. The van der Waals surface area contributed by atoms with Gasteiger partial charge in [-0.2, -0.15) is 10.2 Å². The average molecular weight is 710 g/mol. The van der Waals surface area contributed by atoms with E-state index in [1.807, 2.05) is 69.4 Å². The van der Waals surface area contributed by atoms with E-state index in [2.05, 4.69) is 31.3 Å². The molecule has 10 nitrogen and oxygen atoms in total. The van der Waals surface area contributed by atoms with E-state index in [1.54, 1.807) is 36.7 Å². The van der Waals surface area contributed by atoms with Gasteiger partial charge in [-0.25, -0.2) is 0 Å². The lowest BCUT2D eigenvalue weighted by molar-refractivity contribution is 0.371. The van der Waals surface area contributed by atoms with Crippen LogP contribution in [-0.2, 0) is 0 Å². The molecule has 0 radical (unpaired) electrons. The molecule has 4 rings (SSSR count). The van der Waals surface area contributed by atoms with Crippen molar-refractivity contribution in [1.82, 2.24) is 10.2 Å². The van der Waals surface area contributed by atoms with E-state index in [-0.39, 0.29) is 11.5 Å². The van der Waals surface area contributed by atoms with Crippen LogP contribution in [0.15, 0.2) is 58.7 Å². The molecule has 0 bridgehead atoms. The van der Waals surface area contributed by atoms with E-state index in [1.165, 1.54) is 14.2 Å². The lowest BCUT2D eigenvalue weighted by Gasteiger charge is -2.09. The zero-order chi connectivity index (χ0) is 25.7. The maximum atomic E-state index is 10.0. The topological polar surface area (TPSA) is 133 Å². The fourth-order valence-corrected chi connectivity index (χ4v) is 4.50. The van der Waals surface area contributed by atoms with Crippen LogP contribution in [0.2, 0.25) is 0 Å². The Morgan fingerprint density at radius 3 is 1.56 bits per heavy atom. The second-order valence-corrected chi connectivity index (χ2v) is 9.61. The number of methoxy groups -OCH3 is 2. The summed E-state index contributed by atoms with van der Waals surface area (Å²) in [5, 5.41) is 38.6. The summed E-state index contributed by atoms with van der Waals surface area (Å²) >= 11 is 4.06. The Hall–Kier alpha value is -3.40. The summed E-state index contributed by atoms with van der Waals surface area (Å²) in [6.45, 7) is 0. The molecule has 0 amide bonds. The van der Waals surface area contributed by atoms with Gasteiger partial charge in [-0.1, -0.05) is 24.3 Å². The van der Waals surface area contributed by atoms with Crippen LogP contribution in [0.1, 0.15) is 11.1 Å². The first kappa shape index (κ1) is 25.7. The predicted octanol–water partition coefficient (Wildman–Crippen LogP) is 5.16. The molecule has 0 aliphatic rings. The predicted molar refractivity (Wildman–Crippen MR) is 157 cm³/mol. The summed E-state index contributed by atoms with van der Waals surface area (Å²) in [5.41, 5.74) is 7.34. The van der Waals surface area contributed by atoms with Crippen LogP contribution < -0.4 is 20.3 Å². The van der Waals surface area contributed by atoms with Gasteiger partial charge in [-0.3, -0.25) is 10.9 Å². The van der Waals surface area contributed by atoms with Gasteiger partial charge in [-0.15, -0.1) is 10.2 Å². The SMILES string of the molecule is COc1cc(C=NNc2nnc(NN=Cc3cc(I)c(O)c(OC)c3)c3ccccc23)cc(I)c1O. The van der Waals surface area contributed by atoms with E-state index in [4.69, 9.17) is 9.47 Å².